The summed E-state index contributed by atoms with van der Waals surface area (Å²) in [5, 5.41) is 20.1. The summed E-state index contributed by atoms with van der Waals surface area (Å²) in [6.07, 6.45) is 0.484. The van der Waals surface area contributed by atoms with Gasteiger partial charge in [0.25, 0.3) is 0 Å². The summed E-state index contributed by atoms with van der Waals surface area (Å²) in [6, 6.07) is -0.246. The molecule has 7 nitrogen and oxygen atoms in total. The lowest BCUT2D eigenvalue weighted by Crippen LogP contribution is -2.42. The maximum atomic E-state index is 11.7. The summed E-state index contributed by atoms with van der Waals surface area (Å²) < 4.78 is 5.25. The highest BCUT2D eigenvalue weighted by Gasteiger charge is 2.19. The van der Waals surface area contributed by atoms with Crippen LogP contribution in [0.2, 0.25) is 0 Å². The van der Waals surface area contributed by atoms with Gasteiger partial charge in [-0.25, -0.2) is 9.59 Å². The Morgan fingerprint density at radius 1 is 1.42 bits per heavy atom. The van der Waals surface area contributed by atoms with Crippen LogP contribution in [0, 0.1) is 5.92 Å². The Morgan fingerprint density at radius 3 is 2.63 bits per heavy atom. The van der Waals surface area contributed by atoms with E-state index in [4.69, 9.17) is 14.9 Å². The third kappa shape index (κ3) is 5.89. The topological polar surface area (TPSA) is 99.1 Å². The lowest BCUT2D eigenvalue weighted by atomic mass is 10.00. The predicted molar refractivity (Wildman–Crippen MR) is 67.8 cm³/mol. The Bertz CT molecular complexity index is 304. The summed E-state index contributed by atoms with van der Waals surface area (Å²) in [5.74, 6) is -0.820. The first-order valence-corrected chi connectivity index (χ1v) is 6.48. The summed E-state index contributed by atoms with van der Waals surface area (Å²) in [6.45, 7) is 2.29. The number of aliphatic hydroxyl groups excluding tert-OH is 1. The average molecular weight is 274 g/mol. The molecule has 2 amide bonds. The fourth-order valence-electron chi connectivity index (χ4n) is 1.97. The van der Waals surface area contributed by atoms with Crippen LogP contribution in [0.5, 0.6) is 0 Å². The van der Waals surface area contributed by atoms with E-state index in [1.165, 1.54) is 0 Å². The zero-order valence-corrected chi connectivity index (χ0v) is 11.2. The molecule has 1 atom stereocenters. The van der Waals surface area contributed by atoms with Crippen LogP contribution in [-0.4, -0.2) is 66.6 Å². The first kappa shape index (κ1) is 15.7. The number of carboxylic acid groups (broad SMARTS) is 1. The number of aliphatic carboxylic acids is 1. The maximum absolute atomic E-state index is 11.7. The van der Waals surface area contributed by atoms with E-state index in [-0.39, 0.29) is 19.0 Å². The molecule has 1 heterocycles. The van der Waals surface area contributed by atoms with Crippen LogP contribution in [0.3, 0.4) is 0 Å². The van der Waals surface area contributed by atoms with Crippen molar-refractivity contribution in [3.8, 4) is 0 Å². The number of nitrogens with one attached hydrogen (secondary N) is 1. The van der Waals surface area contributed by atoms with Gasteiger partial charge in [-0.2, -0.15) is 0 Å². The van der Waals surface area contributed by atoms with Gasteiger partial charge in [0.1, 0.15) is 0 Å². The van der Waals surface area contributed by atoms with E-state index in [1.54, 1.807) is 11.9 Å². The molecule has 0 aromatic carbocycles. The molecule has 0 saturated carbocycles. The van der Waals surface area contributed by atoms with Crippen LogP contribution < -0.4 is 5.32 Å². The lowest BCUT2D eigenvalue weighted by molar-refractivity contribution is -0.146. The molecule has 1 aliphatic heterocycles. The van der Waals surface area contributed by atoms with Crippen LogP contribution in [0.15, 0.2) is 0 Å². The van der Waals surface area contributed by atoms with E-state index < -0.39 is 12.1 Å². The van der Waals surface area contributed by atoms with Gasteiger partial charge in [0.05, 0.1) is 0 Å². The quantitative estimate of drug-likeness (QED) is 0.627. The van der Waals surface area contributed by atoms with Gasteiger partial charge in [0.2, 0.25) is 0 Å². The summed E-state index contributed by atoms with van der Waals surface area (Å²) >= 11 is 0. The third-order valence-corrected chi connectivity index (χ3v) is 3.20. The van der Waals surface area contributed by atoms with Crippen molar-refractivity contribution >= 4 is 12.0 Å². The molecule has 0 spiro atoms. The SMILES string of the molecule is CN(CC1CCOCC1)C(=O)NCCC(O)C(=O)O. The minimum absolute atomic E-state index is 0.00613. The second-order valence-corrected chi connectivity index (χ2v) is 4.81. The Kier molecular flexibility index (Phi) is 6.58. The van der Waals surface area contributed by atoms with Crippen molar-refractivity contribution in [1.29, 1.82) is 0 Å². The molecule has 1 aliphatic rings. The van der Waals surface area contributed by atoms with E-state index in [0.29, 0.717) is 12.5 Å². The number of carboxylic acids is 1. The average Bonchev–Trinajstić information content (AvgIpc) is 2.39. The summed E-state index contributed by atoms with van der Waals surface area (Å²) in [5.41, 5.74) is 0. The molecule has 1 rings (SSSR count). The van der Waals surface area contributed by atoms with E-state index in [9.17, 15) is 9.59 Å². The van der Waals surface area contributed by atoms with Gasteiger partial charge in [-0.05, 0) is 18.8 Å². The molecule has 1 unspecified atom stereocenters. The minimum Gasteiger partial charge on any atom is -0.479 e. The number of hydrogen-bond donors (Lipinski definition) is 3. The predicted octanol–water partition coefficient (Wildman–Crippen LogP) is -0.110. The Morgan fingerprint density at radius 2 is 2.05 bits per heavy atom. The minimum atomic E-state index is -1.43. The molecule has 19 heavy (non-hydrogen) atoms. The Balaban J connectivity index is 2.19. The number of carbonyl (C=O) groups excluding carboxylic acids is 1. The van der Waals surface area contributed by atoms with Crippen LogP contribution in [0.1, 0.15) is 19.3 Å². The van der Waals surface area contributed by atoms with E-state index >= 15 is 0 Å². The van der Waals surface area contributed by atoms with Gasteiger partial charge in [-0.3, -0.25) is 0 Å². The van der Waals surface area contributed by atoms with Crippen molar-refractivity contribution < 1.29 is 24.5 Å². The summed E-state index contributed by atoms with van der Waals surface area (Å²) in [7, 11) is 1.71. The van der Waals surface area contributed by atoms with Gasteiger partial charge in [0.15, 0.2) is 6.10 Å². The zero-order valence-electron chi connectivity index (χ0n) is 11.2. The molecular formula is C12H22N2O5. The van der Waals surface area contributed by atoms with Crippen molar-refractivity contribution in [2.45, 2.75) is 25.4 Å². The molecule has 0 radical (unpaired) electrons. The third-order valence-electron chi connectivity index (χ3n) is 3.20. The van der Waals surface area contributed by atoms with Crippen LogP contribution in [0.4, 0.5) is 4.79 Å². The highest BCUT2D eigenvalue weighted by Crippen LogP contribution is 2.15. The fraction of sp³-hybridized carbons (Fsp3) is 0.833. The first-order valence-electron chi connectivity index (χ1n) is 6.48. The molecule has 3 N–H and O–H groups in total. The van der Waals surface area contributed by atoms with Crippen LogP contribution in [-0.2, 0) is 9.53 Å². The van der Waals surface area contributed by atoms with E-state index in [1.807, 2.05) is 0 Å². The largest absolute Gasteiger partial charge is 0.479 e. The molecule has 1 saturated heterocycles. The van der Waals surface area contributed by atoms with Crippen LogP contribution in [0.25, 0.3) is 0 Å². The first-order chi connectivity index (χ1) is 9.00. The highest BCUT2D eigenvalue weighted by atomic mass is 16.5. The molecule has 0 aliphatic carbocycles. The lowest BCUT2D eigenvalue weighted by Gasteiger charge is -2.27. The number of hydrogen-bond acceptors (Lipinski definition) is 4. The van der Waals surface area contributed by atoms with Gasteiger partial charge in [-0.15, -0.1) is 0 Å². The van der Waals surface area contributed by atoms with Crippen molar-refractivity contribution in [2.75, 3.05) is 33.4 Å². The van der Waals surface area contributed by atoms with Crippen molar-refractivity contribution in [3.63, 3.8) is 0 Å². The highest BCUT2D eigenvalue weighted by molar-refractivity contribution is 5.74. The maximum Gasteiger partial charge on any atom is 0.332 e. The molecule has 1 fully saturated rings. The number of aliphatic hydroxyl groups is 1. The van der Waals surface area contributed by atoms with Crippen molar-refractivity contribution in [3.05, 3.63) is 0 Å². The van der Waals surface area contributed by atoms with Gasteiger partial charge < -0.3 is 25.2 Å². The number of carbonyl (C=O) groups is 2. The van der Waals surface area contributed by atoms with Crippen molar-refractivity contribution in [2.24, 2.45) is 5.92 Å². The van der Waals surface area contributed by atoms with Gasteiger partial charge >= 0.3 is 12.0 Å². The normalized spacial score (nSPS) is 17.8. The molecular weight excluding hydrogens is 252 g/mol. The second-order valence-electron chi connectivity index (χ2n) is 4.81. The molecule has 0 aromatic heterocycles. The number of nitrogens with zero attached hydrogens (tertiary/aromatic N) is 1. The molecule has 110 valence electrons. The molecule has 7 heteroatoms. The standard InChI is InChI=1S/C12H22N2O5/c1-14(8-9-3-6-19-7-4-9)12(18)13-5-2-10(15)11(16)17/h9-10,15H,2-8H2,1H3,(H,13,18)(H,16,17). The van der Waals surface area contributed by atoms with Crippen LogP contribution >= 0.6 is 0 Å². The smallest absolute Gasteiger partial charge is 0.332 e. The van der Waals surface area contributed by atoms with E-state index in [0.717, 1.165) is 26.1 Å². The number of ether oxygens (including phenoxy) is 1. The van der Waals surface area contributed by atoms with Gasteiger partial charge in [0, 0.05) is 39.8 Å². The Hall–Kier alpha value is -1.34. The number of amides is 2. The number of rotatable bonds is 6. The van der Waals surface area contributed by atoms with Crippen molar-refractivity contribution in [1.82, 2.24) is 10.2 Å². The molecule has 0 bridgehead atoms. The molecule has 0 aromatic rings. The fourth-order valence-corrected chi connectivity index (χ4v) is 1.97. The summed E-state index contributed by atoms with van der Waals surface area (Å²) in [4.78, 5) is 23.7. The van der Waals surface area contributed by atoms with E-state index in [2.05, 4.69) is 5.32 Å². The number of urea groups is 1. The second kappa shape index (κ2) is 7.96. The monoisotopic (exact) mass is 274 g/mol. The van der Waals surface area contributed by atoms with Gasteiger partial charge in [-0.1, -0.05) is 0 Å². The zero-order chi connectivity index (χ0) is 14.3. The Labute approximate surface area is 112 Å².